The smallest absolute Gasteiger partial charge is 0.225 e. The van der Waals surface area contributed by atoms with Crippen molar-refractivity contribution in [3.8, 4) is 11.3 Å². The van der Waals surface area contributed by atoms with Crippen molar-refractivity contribution >= 4 is 17.2 Å². The molecular formula is C17H19N3O2S. The van der Waals surface area contributed by atoms with Gasteiger partial charge in [-0.1, -0.05) is 0 Å². The summed E-state index contributed by atoms with van der Waals surface area (Å²) in [6.07, 6.45) is 4.14. The number of thiophene rings is 1. The van der Waals surface area contributed by atoms with E-state index in [1.54, 1.807) is 17.7 Å². The third-order valence-electron chi connectivity index (χ3n) is 4.85. The zero-order valence-electron chi connectivity index (χ0n) is 12.8. The summed E-state index contributed by atoms with van der Waals surface area (Å²) >= 11 is 1.66. The number of aliphatic hydroxyl groups excluding tert-OH is 1. The van der Waals surface area contributed by atoms with Gasteiger partial charge in [-0.2, -0.15) is 11.3 Å². The van der Waals surface area contributed by atoms with Gasteiger partial charge in [-0.15, -0.1) is 0 Å². The van der Waals surface area contributed by atoms with Crippen LogP contribution in [0.2, 0.25) is 0 Å². The Morgan fingerprint density at radius 1 is 1.26 bits per heavy atom. The summed E-state index contributed by atoms with van der Waals surface area (Å²) < 4.78 is 0. The highest BCUT2D eigenvalue weighted by Gasteiger charge is 2.36. The molecule has 2 aliphatic rings. The summed E-state index contributed by atoms with van der Waals surface area (Å²) in [5.41, 5.74) is 4.38. The Bertz CT molecular complexity index is 711. The van der Waals surface area contributed by atoms with Crippen LogP contribution < -0.4 is 0 Å². The minimum absolute atomic E-state index is 0.00800. The second-order valence-corrected chi connectivity index (χ2v) is 7.09. The van der Waals surface area contributed by atoms with Crippen molar-refractivity contribution in [2.75, 3.05) is 13.1 Å². The van der Waals surface area contributed by atoms with Crippen molar-refractivity contribution in [3.05, 3.63) is 34.4 Å². The first-order chi connectivity index (χ1) is 11.2. The fourth-order valence-electron chi connectivity index (χ4n) is 3.44. The van der Waals surface area contributed by atoms with Crippen LogP contribution in [0, 0.1) is 5.92 Å². The van der Waals surface area contributed by atoms with Crippen LogP contribution in [0.4, 0.5) is 0 Å². The molecule has 1 aliphatic carbocycles. The summed E-state index contributed by atoms with van der Waals surface area (Å²) in [5, 5.41) is 13.6. The zero-order chi connectivity index (χ0) is 15.8. The molecule has 0 saturated heterocycles. The van der Waals surface area contributed by atoms with Gasteiger partial charge in [-0.25, -0.2) is 9.97 Å². The van der Waals surface area contributed by atoms with Gasteiger partial charge in [0.1, 0.15) is 6.33 Å². The van der Waals surface area contributed by atoms with Crippen molar-refractivity contribution in [1.82, 2.24) is 14.9 Å². The predicted molar refractivity (Wildman–Crippen MR) is 88.1 cm³/mol. The van der Waals surface area contributed by atoms with E-state index < -0.39 is 0 Å². The Morgan fingerprint density at radius 2 is 2.09 bits per heavy atom. The monoisotopic (exact) mass is 329 g/mol. The first kappa shape index (κ1) is 14.8. The molecule has 1 fully saturated rings. The van der Waals surface area contributed by atoms with Crippen LogP contribution >= 0.6 is 11.3 Å². The van der Waals surface area contributed by atoms with E-state index in [1.807, 2.05) is 4.90 Å². The van der Waals surface area contributed by atoms with Gasteiger partial charge in [0, 0.05) is 47.6 Å². The molecular weight excluding hydrogens is 310 g/mol. The van der Waals surface area contributed by atoms with E-state index in [0.717, 1.165) is 29.8 Å². The fraction of sp³-hybridized carbons (Fsp3) is 0.471. The van der Waals surface area contributed by atoms with Gasteiger partial charge in [-0.05, 0) is 30.7 Å². The quantitative estimate of drug-likeness (QED) is 0.914. The van der Waals surface area contributed by atoms with Crippen molar-refractivity contribution < 1.29 is 9.90 Å². The van der Waals surface area contributed by atoms with E-state index >= 15 is 0 Å². The number of aromatic nitrogens is 2. The van der Waals surface area contributed by atoms with Crippen molar-refractivity contribution in [3.63, 3.8) is 0 Å². The third kappa shape index (κ3) is 2.77. The Balaban J connectivity index is 1.55. The largest absolute Gasteiger partial charge is 0.393 e. The SMILES string of the molecule is O=C(C1CC(O)C1)N1CCc2ncnc(-c3ccsc3)c2CC1. The number of rotatable bonds is 2. The topological polar surface area (TPSA) is 66.3 Å². The van der Waals surface area contributed by atoms with Crippen LogP contribution in [0.3, 0.4) is 0 Å². The molecule has 0 aromatic carbocycles. The van der Waals surface area contributed by atoms with Crippen LogP contribution in [0.5, 0.6) is 0 Å². The lowest BCUT2D eigenvalue weighted by Crippen LogP contribution is -2.44. The van der Waals surface area contributed by atoms with Gasteiger partial charge >= 0.3 is 0 Å². The zero-order valence-corrected chi connectivity index (χ0v) is 13.6. The van der Waals surface area contributed by atoms with Crippen molar-refractivity contribution in [2.45, 2.75) is 31.8 Å². The third-order valence-corrected chi connectivity index (χ3v) is 5.54. The predicted octanol–water partition coefficient (Wildman–Crippen LogP) is 1.90. The molecule has 1 N–H and O–H groups in total. The lowest BCUT2D eigenvalue weighted by Gasteiger charge is -2.34. The first-order valence-electron chi connectivity index (χ1n) is 8.04. The Kier molecular flexibility index (Phi) is 3.87. The molecule has 0 unspecified atom stereocenters. The Labute approximate surface area is 139 Å². The molecule has 5 nitrogen and oxygen atoms in total. The average molecular weight is 329 g/mol. The van der Waals surface area contributed by atoms with Gasteiger partial charge < -0.3 is 10.0 Å². The highest BCUT2D eigenvalue weighted by atomic mass is 32.1. The van der Waals surface area contributed by atoms with Gasteiger partial charge in [0.05, 0.1) is 11.8 Å². The molecule has 4 rings (SSSR count). The molecule has 0 atom stereocenters. The van der Waals surface area contributed by atoms with Crippen LogP contribution in [0.25, 0.3) is 11.3 Å². The van der Waals surface area contributed by atoms with Crippen LogP contribution in [0.15, 0.2) is 23.2 Å². The standard InChI is InChI=1S/C17H19N3O2S/c21-13-7-12(8-13)17(22)20-4-1-14-15(2-5-20)18-10-19-16(14)11-3-6-23-9-11/h3,6,9-10,12-13,21H,1-2,4-5,7-8H2. The summed E-state index contributed by atoms with van der Waals surface area (Å²) in [6.45, 7) is 1.42. The van der Waals surface area contributed by atoms with E-state index in [0.29, 0.717) is 25.9 Å². The number of carbonyl (C=O) groups is 1. The van der Waals surface area contributed by atoms with E-state index in [2.05, 4.69) is 26.8 Å². The molecule has 120 valence electrons. The molecule has 23 heavy (non-hydrogen) atoms. The van der Waals surface area contributed by atoms with Crippen LogP contribution in [-0.4, -0.2) is 45.1 Å². The molecule has 2 aromatic heterocycles. The van der Waals surface area contributed by atoms with Crippen LogP contribution in [0.1, 0.15) is 24.1 Å². The van der Waals surface area contributed by atoms with E-state index in [1.165, 1.54) is 5.56 Å². The molecule has 1 aliphatic heterocycles. The summed E-state index contributed by atoms with van der Waals surface area (Å²) in [5.74, 6) is 0.196. The van der Waals surface area contributed by atoms with Crippen LogP contribution in [-0.2, 0) is 17.6 Å². The first-order valence-corrected chi connectivity index (χ1v) is 8.99. The van der Waals surface area contributed by atoms with Gasteiger partial charge in [0.15, 0.2) is 0 Å². The summed E-state index contributed by atoms with van der Waals surface area (Å²) in [6, 6.07) is 2.08. The number of carbonyl (C=O) groups excluding carboxylic acids is 1. The number of amides is 1. The number of nitrogens with zero attached hydrogens (tertiary/aromatic N) is 3. The fourth-order valence-corrected chi connectivity index (χ4v) is 4.08. The Hall–Kier alpha value is -1.79. The average Bonchev–Trinajstić information content (AvgIpc) is 2.97. The lowest BCUT2D eigenvalue weighted by atomic mass is 9.81. The number of aliphatic hydroxyl groups is 1. The molecule has 3 heterocycles. The molecule has 0 bridgehead atoms. The Morgan fingerprint density at radius 3 is 2.83 bits per heavy atom. The highest BCUT2D eigenvalue weighted by Crippen LogP contribution is 2.31. The van der Waals surface area contributed by atoms with E-state index in [4.69, 9.17) is 0 Å². The number of hydrogen-bond donors (Lipinski definition) is 1. The maximum absolute atomic E-state index is 12.5. The molecule has 2 aromatic rings. The molecule has 1 amide bonds. The molecule has 0 spiro atoms. The molecule has 1 saturated carbocycles. The maximum atomic E-state index is 12.5. The second kappa shape index (κ2) is 6.02. The molecule has 0 radical (unpaired) electrons. The normalized spacial score (nSPS) is 23.8. The second-order valence-electron chi connectivity index (χ2n) is 6.31. The van der Waals surface area contributed by atoms with E-state index in [-0.39, 0.29) is 17.9 Å². The minimum atomic E-state index is -0.288. The minimum Gasteiger partial charge on any atom is -0.393 e. The molecule has 6 heteroatoms. The van der Waals surface area contributed by atoms with Gasteiger partial charge in [-0.3, -0.25) is 4.79 Å². The lowest BCUT2D eigenvalue weighted by molar-refractivity contribution is -0.142. The summed E-state index contributed by atoms with van der Waals surface area (Å²) in [7, 11) is 0. The number of hydrogen-bond acceptors (Lipinski definition) is 5. The van der Waals surface area contributed by atoms with Gasteiger partial charge in [0.2, 0.25) is 5.91 Å². The maximum Gasteiger partial charge on any atom is 0.225 e. The van der Waals surface area contributed by atoms with Crippen molar-refractivity contribution in [1.29, 1.82) is 0 Å². The summed E-state index contributed by atoms with van der Waals surface area (Å²) in [4.78, 5) is 23.4. The van der Waals surface area contributed by atoms with E-state index in [9.17, 15) is 9.90 Å². The highest BCUT2D eigenvalue weighted by molar-refractivity contribution is 7.08. The van der Waals surface area contributed by atoms with Gasteiger partial charge in [0.25, 0.3) is 0 Å². The van der Waals surface area contributed by atoms with Crippen molar-refractivity contribution in [2.24, 2.45) is 5.92 Å². The number of fused-ring (bicyclic) bond motifs is 1.